The van der Waals surface area contributed by atoms with Crippen LogP contribution >= 0.6 is 0 Å². The third kappa shape index (κ3) is 4.03. The van der Waals surface area contributed by atoms with Gasteiger partial charge >= 0.3 is 12.0 Å². The number of carbonyl (C=O) groups excluding carboxylic acids is 4. The second-order valence-corrected chi connectivity index (χ2v) is 5.36. The Morgan fingerprint density at radius 1 is 1.24 bits per heavy atom. The summed E-state index contributed by atoms with van der Waals surface area (Å²) in [7, 11) is 0. The van der Waals surface area contributed by atoms with Gasteiger partial charge in [-0.2, -0.15) is 0 Å². The lowest BCUT2D eigenvalue weighted by molar-refractivity contribution is -0.154. The van der Waals surface area contributed by atoms with Crippen LogP contribution in [-0.2, 0) is 14.3 Å². The number of ether oxygens (including phenoxy) is 1. The zero-order chi connectivity index (χ0) is 18.6. The number of nitrogens with zero attached hydrogens (tertiary/aromatic N) is 1. The summed E-state index contributed by atoms with van der Waals surface area (Å²) in [6.07, 6.45) is -1.18. The van der Waals surface area contributed by atoms with Crippen LogP contribution in [0.1, 0.15) is 29.8 Å². The van der Waals surface area contributed by atoms with Crippen molar-refractivity contribution in [1.82, 2.24) is 15.5 Å². The van der Waals surface area contributed by atoms with Crippen LogP contribution in [0, 0.1) is 0 Å². The molecule has 132 valence electrons. The molecule has 1 aromatic rings. The standard InChI is InChI=1S/C17H19N3O5/c1-4-18-17(24)19-15(22)11(3)25-14(21)9-20-10(2)12-7-5-6-8-13(12)16(20)23/h5-8,11H,2,4,9H2,1,3H3,(H2,18,19,22,24). The van der Waals surface area contributed by atoms with Crippen LogP contribution in [0.15, 0.2) is 30.8 Å². The number of hydrogen-bond acceptors (Lipinski definition) is 5. The number of fused-ring (bicyclic) bond motifs is 1. The molecule has 1 aromatic carbocycles. The second-order valence-electron chi connectivity index (χ2n) is 5.36. The lowest BCUT2D eigenvalue weighted by Gasteiger charge is -2.18. The third-order valence-corrected chi connectivity index (χ3v) is 3.58. The van der Waals surface area contributed by atoms with E-state index in [0.717, 1.165) is 0 Å². The molecular formula is C17H19N3O5. The minimum Gasteiger partial charge on any atom is -0.451 e. The number of carbonyl (C=O) groups is 4. The number of benzene rings is 1. The number of urea groups is 1. The van der Waals surface area contributed by atoms with Crippen molar-refractivity contribution in [2.24, 2.45) is 0 Å². The van der Waals surface area contributed by atoms with Gasteiger partial charge in [0.2, 0.25) is 0 Å². The first kappa shape index (κ1) is 18.2. The number of rotatable bonds is 5. The minimum atomic E-state index is -1.18. The van der Waals surface area contributed by atoms with E-state index in [2.05, 4.69) is 11.9 Å². The predicted octanol–water partition coefficient (Wildman–Crippen LogP) is 0.891. The van der Waals surface area contributed by atoms with E-state index in [1.54, 1.807) is 31.2 Å². The van der Waals surface area contributed by atoms with E-state index in [0.29, 0.717) is 23.4 Å². The van der Waals surface area contributed by atoms with Crippen LogP contribution in [0.5, 0.6) is 0 Å². The molecule has 0 aliphatic carbocycles. The van der Waals surface area contributed by atoms with Gasteiger partial charge in [0.05, 0.1) is 0 Å². The topological polar surface area (TPSA) is 105 Å². The van der Waals surface area contributed by atoms with Crippen molar-refractivity contribution in [3.05, 3.63) is 42.0 Å². The monoisotopic (exact) mass is 345 g/mol. The molecule has 0 fully saturated rings. The van der Waals surface area contributed by atoms with Gasteiger partial charge in [0.15, 0.2) is 6.10 Å². The first-order valence-corrected chi connectivity index (χ1v) is 7.73. The van der Waals surface area contributed by atoms with Gasteiger partial charge in [0.25, 0.3) is 11.8 Å². The van der Waals surface area contributed by atoms with Crippen molar-refractivity contribution < 1.29 is 23.9 Å². The van der Waals surface area contributed by atoms with Crippen LogP contribution in [0.3, 0.4) is 0 Å². The number of esters is 1. The van der Waals surface area contributed by atoms with Crippen molar-refractivity contribution in [3.8, 4) is 0 Å². The normalized spacial score (nSPS) is 13.9. The highest BCUT2D eigenvalue weighted by molar-refractivity contribution is 6.10. The van der Waals surface area contributed by atoms with Crippen LogP contribution in [0.25, 0.3) is 5.70 Å². The van der Waals surface area contributed by atoms with Crippen molar-refractivity contribution >= 4 is 29.5 Å². The lowest BCUT2D eigenvalue weighted by atomic mass is 10.1. The Morgan fingerprint density at radius 2 is 1.88 bits per heavy atom. The molecule has 0 saturated heterocycles. The summed E-state index contributed by atoms with van der Waals surface area (Å²) in [5.41, 5.74) is 1.52. The van der Waals surface area contributed by atoms with E-state index in [-0.39, 0.29) is 12.5 Å². The molecule has 0 radical (unpaired) electrons. The maximum absolute atomic E-state index is 12.3. The summed E-state index contributed by atoms with van der Waals surface area (Å²) in [5.74, 6) is -1.88. The van der Waals surface area contributed by atoms with Gasteiger partial charge in [-0.3, -0.25) is 24.6 Å². The van der Waals surface area contributed by atoms with E-state index in [4.69, 9.17) is 4.74 Å². The van der Waals surface area contributed by atoms with Crippen molar-refractivity contribution in [1.29, 1.82) is 0 Å². The molecule has 0 saturated carbocycles. The summed E-state index contributed by atoms with van der Waals surface area (Å²) in [6, 6.07) is 6.21. The van der Waals surface area contributed by atoms with Gasteiger partial charge in [-0.25, -0.2) is 4.79 Å². The van der Waals surface area contributed by atoms with Gasteiger partial charge in [-0.05, 0) is 19.9 Å². The zero-order valence-electron chi connectivity index (χ0n) is 14.0. The predicted molar refractivity (Wildman–Crippen MR) is 89.3 cm³/mol. The maximum Gasteiger partial charge on any atom is 0.326 e. The molecule has 1 unspecified atom stereocenters. The molecule has 1 aliphatic rings. The largest absolute Gasteiger partial charge is 0.451 e. The Balaban J connectivity index is 1.93. The first-order valence-electron chi connectivity index (χ1n) is 7.73. The van der Waals surface area contributed by atoms with Crippen LogP contribution in [0.4, 0.5) is 4.79 Å². The highest BCUT2D eigenvalue weighted by Crippen LogP contribution is 2.30. The molecule has 1 heterocycles. The molecule has 2 rings (SSSR count). The number of nitrogens with one attached hydrogen (secondary N) is 2. The summed E-state index contributed by atoms with van der Waals surface area (Å²) >= 11 is 0. The fourth-order valence-electron chi connectivity index (χ4n) is 2.34. The fraction of sp³-hybridized carbons (Fsp3) is 0.294. The maximum atomic E-state index is 12.3. The third-order valence-electron chi connectivity index (χ3n) is 3.58. The Hall–Kier alpha value is -3.16. The molecular weight excluding hydrogens is 326 g/mol. The first-order chi connectivity index (χ1) is 11.8. The molecule has 0 aromatic heterocycles. The molecule has 1 atom stereocenters. The highest BCUT2D eigenvalue weighted by Gasteiger charge is 2.33. The van der Waals surface area contributed by atoms with Crippen molar-refractivity contribution in [2.75, 3.05) is 13.1 Å². The summed E-state index contributed by atoms with van der Waals surface area (Å²) in [6.45, 7) is 6.84. The molecule has 8 nitrogen and oxygen atoms in total. The van der Waals surface area contributed by atoms with Crippen LogP contribution < -0.4 is 10.6 Å². The summed E-state index contributed by atoms with van der Waals surface area (Å²) in [4.78, 5) is 48.6. The average molecular weight is 345 g/mol. The van der Waals surface area contributed by atoms with E-state index in [9.17, 15) is 19.2 Å². The second kappa shape index (κ2) is 7.61. The van der Waals surface area contributed by atoms with Gasteiger partial charge in [-0.15, -0.1) is 0 Å². The van der Waals surface area contributed by atoms with Crippen molar-refractivity contribution in [2.45, 2.75) is 20.0 Å². The van der Waals surface area contributed by atoms with E-state index in [1.807, 2.05) is 5.32 Å². The van der Waals surface area contributed by atoms with Crippen LogP contribution in [0.2, 0.25) is 0 Å². The molecule has 4 amide bonds. The summed E-state index contributed by atoms with van der Waals surface area (Å²) < 4.78 is 4.98. The SMILES string of the molecule is C=C1c2ccccc2C(=O)N1CC(=O)OC(C)C(=O)NC(=O)NCC. The Morgan fingerprint density at radius 3 is 2.48 bits per heavy atom. The van der Waals surface area contributed by atoms with Gasteiger partial charge < -0.3 is 10.1 Å². The van der Waals surface area contributed by atoms with Gasteiger partial charge in [0, 0.05) is 23.4 Å². The number of imide groups is 1. The lowest BCUT2D eigenvalue weighted by Crippen LogP contribution is -2.45. The van der Waals surface area contributed by atoms with Gasteiger partial charge in [-0.1, -0.05) is 24.8 Å². The highest BCUT2D eigenvalue weighted by atomic mass is 16.5. The minimum absolute atomic E-state index is 0.350. The van der Waals surface area contributed by atoms with E-state index < -0.39 is 24.0 Å². The van der Waals surface area contributed by atoms with Crippen molar-refractivity contribution in [3.63, 3.8) is 0 Å². The average Bonchev–Trinajstić information content (AvgIpc) is 2.80. The summed E-state index contributed by atoms with van der Waals surface area (Å²) in [5, 5.41) is 4.44. The van der Waals surface area contributed by atoms with Gasteiger partial charge in [0.1, 0.15) is 6.54 Å². The zero-order valence-corrected chi connectivity index (χ0v) is 14.0. The van der Waals surface area contributed by atoms with E-state index >= 15 is 0 Å². The smallest absolute Gasteiger partial charge is 0.326 e. The molecule has 25 heavy (non-hydrogen) atoms. The molecule has 0 bridgehead atoms. The molecule has 0 spiro atoms. The number of amides is 4. The number of hydrogen-bond donors (Lipinski definition) is 2. The Kier molecular flexibility index (Phi) is 5.53. The van der Waals surface area contributed by atoms with Crippen LogP contribution in [-0.4, -0.2) is 47.9 Å². The molecule has 1 aliphatic heterocycles. The van der Waals surface area contributed by atoms with E-state index in [1.165, 1.54) is 11.8 Å². The molecule has 2 N–H and O–H groups in total. The quantitative estimate of drug-likeness (QED) is 0.771. The Labute approximate surface area is 144 Å². The molecule has 8 heteroatoms. The fourth-order valence-corrected chi connectivity index (χ4v) is 2.34. The Bertz CT molecular complexity index is 709.